The molecule has 1 aliphatic carbocycles. The number of ketones is 1. The van der Waals surface area contributed by atoms with Crippen molar-refractivity contribution in [2.75, 3.05) is 17.7 Å². The van der Waals surface area contributed by atoms with E-state index in [0.29, 0.717) is 17.0 Å². The van der Waals surface area contributed by atoms with Crippen LogP contribution in [0.4, 0.5) is 15.8 Å². The highest BCUT2D eigenvalue weighted by molar-refractivity contribution is 6.31. The number of benzene rings is 3. The van der Waals surface area contributed by atoms with Crippen LogP contribution in [0.25, 0.3) is 0 Å². The largest absolute Gasteiger partial charge is 0.497 e. The Labute approximate surface area is 191 Å². The Hall–Kier alpha value is -3.31. The minimum Gasteiger partial charge on any atom is -0.497 e. The molecule has 3 aromatic rings. The number of carbonyl (C=O) groups excluding carboxylic acids is 1. The number of fused-ring (bicyclic) bond motifs is 2. The van der Waals surface area contributed by atoms with Gasteiger partial charge in [0.05, 0.1) is 30.4 Å². The average Bonchev–Trinajstić information content (AvgIpc) is 2.96. The third kappa shape index (κ3) is 3.63. The summed E-state index contributed by atoms with van der Waals surface area (Å²) in [7, 11) is 1.62. The second-order valence-corrected chi connectivity index (χ2v) is 8.48. The number of carbonyl (C=O) groups is 1. The smallest absolute Gasteiger partial charge is 0.145 e. The maximum absolute atomic E-state index is 15.0. The van der Waals surface area contributed by atoms with E-state index in [1.54, 1.807) is 19.2 Å². The lowest BCUT2D eigenvalue weighted by molar-refractivity contribution is -0.122. The van der Waals surface area contributed by atoms with Crippen molar-refractivity contribution in [1.82, 2.24) is 0 Å². The first-order chi connectivity index (χ1) is 15.5. The first-order valence-electron chi connectivity index (χ1n) is 10.5. The lowest BCUT2D eigenvalue weighted by Gasteiger charge is -2.33. The Morgan fingerprint density at radius 1 is 1.00 bits per heavy atom. The van der Waals surface area contributed by atoms with Gasteiger partial charge in [-0.1, -0.05) is 48.0 Å². The molecule has 32 heavy (non-hydrogen) atoms. The van der Waals surface area contributed by atoms with Crippen molar-refractivity contribution in [3.63, 3.8) is 0 Å². The monoisotopic (exact) mass is 448 g/mol. The van der Waals surface area contributed by atoms with E-state index in [9.17, 15) is 9.18 Å². The summed E-state index contributed by atoms with van der Waals surface area (Å²) in [6, 6.07) is 19.4. The average molecular weight is 449 g/mol. The number of methoxy groups -OCH3 is 1. The van der Waals surface area contributed by atoms with Crippen molar-refractivity contribution in [1.29, 1.82) is 0 Å². The summed E-state index contributed by atoms with van der Waals surface area (Å²) in [4.78, 5) is 13.5. The number of anilines is 2. The van der Waals surface area contributed by atoms with Crippen LogP contribution < -0.4 is 15.4 Å². The fraction of sp³-hybridized carbons (Fsp3) is 0.192. The van der Waals surface area contributed by atoms with Crippen LogP contribution in [0.3, 0.4) is 0 Å². The lowest BCUT2D eigenvalue weighted by Crippen LogP contribution is -2.34. The molecule has 0 spiro atoms. The standard InChI is InChI=1S/C26H22ClFN2O2/c1-32-17-11-9-15(10-12-17)16-13-22-25(23(31)14-16)26(24-18(27)5-4-6-19(24)28)30-21-8-3-2-7-20(21)29-22/h2-13,16,25-26,29-30H,14H2,1H3/t16-,25+,26+/m1/s1. The number of nitrogens with one attached hydrogen (secondary N) is 2. The summed E-state index contributed by atoms with van der Waals surface area (Å²) in [5, 5.41) is 7.13. The van der Waals surface area contributed by atoms with Crippen LogP contribution in [-0.4, -0.2) is 12.9 Å². The third-order valence-electron chi connectivity index (χ3n) is 6.19. The van der Waals surface area contributed by atoms with E-state index < -0.39 is 17.8 Å². The van der Waals surface area contributed by atoms with E-state index in [0.717, 1.165) is 28.4 Å². The maximum Gasteiger partial charge on any atom is 0.145 e. The molecule has 4 nitrogen and oxygen atoms in total. The van der Waals surface area contributed by atoms with Crippen LogP contribution in [0.2, 0.25) is 5.02 Å². The summed E-state index contributed by atoms with van der Waals surface area (Å²) in [6.45, 7) is 0. The number of para-hydroxylation sites is 2. The van der Waals surface area contributed by atoms with Gasteiger partial charge in [0.25, 0.3) is 0 Å². The highest BCUT2D eigenvalue weighted by atomic mass is 35.5. The molecular weight excluding hydrogens is 427 g/mol. The van der Waals surface area contributed by atoms with Gasteiger partial charge < -0.3 is 15.4 Å². The van der Waals surface area contributed by atoms with Gasteiger partial charge in [0.1, 0.15) is 17.3 Å². The SMILES string of the molecule is COc1ccc([C@@H]2C=C3Nc4ccccc4N[C@@H](c4c(F)cccc4Cl)[C@@H]3C(=O)C2)cc1. The Balaban J connectivity index is 1.63. The van der Waals surface area contributed by atoms with Gasteiger partial charge in [-0.2, -0.15) is 0 Å². The zero-order valence-electron chi connectivity index (χ0n) is 17.4. The molecule has 2 aliphatic rings. The number of hydrogen-bond donors (Lipinski definition) is 2. The van der Waals surface area contributed by atoms with Crippen molar-refractivity contribution in [2.24, 2.45) is 5.92 Å². The Bertz CT molecular complexity index is 1190. The predicted octanol–water partition coefficient (Wildman–Crippen LogP) is 6.32. The fourth-order valence-corrected chi connectivity index (χ4v) is 4.90. The van der Waals surface area contributed by atoms with E-state index in [-0.39, 0.29) is 11.7 Å². The number of rotatable bonds is 3. The van der Waals surface area contributed by atoms with E-state index in [2.05, 4.69) is 16.7 Å². The van der Waals surface area contributed by atoms with Gasteiger partial charge in [-0.15, -0.1) is 0 Å². The molecule has 3 aromatic carbocycles. The van der Waals surface area contributed by atoms with E-state index >= 15 is 0 Å². The van der Waals surface area contributed by atoms with Crippen LogP contribution in [0.15, 0.2) is 78.5 Å². The molecule has 6 heteroatoms. The van der Waals surface area contributed by atoms with Gasteiger partial charge in [0.2, 0.25) is 0 Å². The maximum atomic E-state index is 15.0. The molecule has 1 aliphatic heterocycles. The molecule has 5 rings (SSSR count). The second-order valence-electron chi connectivity index (χ2n) is 8.08. The number of halogens is 2. The molecule has 0 saturated carbocycles. The molecule has 0 aromatic heterocycles. The highest BCUT2D eigenvalue weighted by Gasteiger charge is 2.41. The number of hydrogen-bond acceptors (Lipinski definition) is 4. The van der Waals surface area contributed by atoms with Crippen LogP contribution in [0.1, 0.15) is 29.5 Å². The molecule has 2 N–H and O–H groups in total. The first-order valence-corrected chi connectivity index (χ1v) is 10.9. The summed E-state index contributed by atoms with van der Waals surface area (Å²) < 4.78 is 20.2. The molecule has 0 bridgehead atoms. The molecule has 162 valence electrons. The zero-order chi connectivity index (χ0) is 22.2. The molecule has 0 fully saturated rings. The number of Topliss-reactive ketones (excluding diaryl/α,β-unsaturated/α-hetero) is 1. The lowest BCUT2D eigenvalue weighted by atomic mass is 9.76. The summed E-state index contributed by atoms with van der Waals surface area (Å²) in [6.07, 6.45) is 2.40. The molecule has 0 amide bonds. The summed E-state index contributed by atoms with van der Waals surface area (Å²) in [5.41, 5.74) is 3.71. The molecule has 3 atom stereocenters. The zero-order valence-corrected chi connectivity index (χ0v) is 18.2. The highest BCUT2D eigenvalue weighted by Crippen LogP contribution is 2.46. The van der Waals surface area contributed by atoms with Gasteiger partial charge in [0.15, 0.2) is 0 Å². The normalized spacial score (nSPS) is 21.9. The number of ether oxygens (including phenoxy) is 1. The first kappa shape index (κ1) is 20.6. The Morgan fingerprint density at radius 2 is 1.75 bits per heavy atom. The third-order valence-corrected chi connectivity index (χ3v) is 6.52. The Kier molecular flexibility index (Phi) is 5.35. The molecule has 0 saturated heterocycles. The van der Waals surface area contributed by atoms with E-state index in [1.807, 2.05) is 48.5 Å². The summed E-state index contributed by atoms with van der Waals surface area (Å²) in [5.74, 6) is -0.318. The quantitative estimate of drug-likeness (QED) is 0.492. The topological polar surface area (TPSA) is 50.4 Å². The molecule has 1 heterocycles. The van der Waals surface area contributed by atoms with Gasteiger partial charge in [0, 0.05) is 28.6 Å². The molecule has 0 unspecified atom stereocenters. The second kappa shape index (κ2) is 8.32. The predicted molar refractivity (Wildman–Crippen MR) is 125 cm³/mol. The molecule has 0 radical (unpaired) electrons. The van der Waals surface area contributed by atoms with Gasteiger partial charge in [-0.05, 0) is 42.0 Å². The van der Waals surface area contributed by atoms with Crippen LogP contribution >= 0.6 is 11.6 Å². The van der Waals surface area contributed by atoms with Crippen LogP contribution in [0, 0.1) is 11.7 Å². The van der Waals surface area contributed by atoms with E-state index in [1.165, 1.54) is 6.07 Å². The van der Waals surface area contributed by atoms with Gasteiger partial charge >= 0.3 is 0 Å². The van der Waals surface area contributed by atoms with Crippen molar-refractivity contribution in [3.05, 3.63) is 100 Å². The Morgan fingerprint density at radius 3 is 2.47 bits per heavy atom. The minimum atomic E-state index is -0.629. The number of allylic oxidation sites excluding steroid dienone is 1. The van der Waals surface area contributed by atoms with Gasteiger partial charge in [-0.3, -0.25) is 4.79 Å². The van der Waals surface area contributed by atoms with Crippen molar-refractivity contribution < 1.29 is 13.9 Å². The van der Waals surface area contributed by atoms with Gasteiger partial charge in [-0.25, -0.2) is 4.39 Å². The van der Waals surface area contributed by atoms with Crippen molar-refractivity contribution >= 4 is 28.8 Å². The van der Waals surface area contributed by atoms with Crippen LogP contribution in [0.5, 0.6) is 5.75 Å². The fourth-order valence-electron chi connectivity index (χ4n) is 4.62. The van der Waals surface area contributed by atoms with Crippen LogP contribution in [-0.2, 0) is 4.79 Å². The van der Waals surface area contributed by atoms with E-state index in [4.69, 9.17) is 16.3 Å². The summed E-state index contributed by atoms with van der Waals surface area (Å²) >= 11 is 6.43. The minimum absolute atomic E-state index is 0.0282. The molecular formula is C26H22ClFN2O2. The van der Waals surface area contributed by atoms with Crippen molar-refractivity contribution in [3.8, 4) is 5.75 Å². The van der Waals surface area contributed by atoms with Crippen molar-refractivity contribution in [2.45, 2.75) is 18.4 Å².